The maximum absolute atomic E-state index is 10.9. The van der Waals surface area contributed by atoms with Crippen molar-refractivity contribution in [1.29, 1.82) is 0 Å². The van der Waals surface area contributed by atoms with Crippen molar-refractivity contribution in [1.82, 2.24) is 0 Å². The van der Waals surface area contributed by atoms with Crippen LogP contribution in [-0.4, -0.2) is 22.9 Å². The molecule has 10 atom stereocenters. The molecule has 0 aromatic heterocycles. The Bertz CT molecular complexity index is 786. The van der Waals surface area contributed by atoms with Gasteiger partial charge in [-0.3, -0.25) is 0 Å². The molecule has 0 unspecified atom stereocenters. The van der Waals surface area contributed by atoms with Crippen molar-refractivity contribution in [3.05, 3.63) is 12.2 Å². The molecule has 5 aliphatic rings. The zero-order valence-electron chi connectivity index (χ0n) is 21.8. The van der Waals surface area contributed by atoms with E-state index >= 15 is 0 Å². The van der Waals surface area contributed by atoms with Crippen LogP contribution in [0.15, 0.2) is 12.2 Å². The lowest BCUT2D eigenvalue weighted by Crippen LogP contribution is -2.66. The van der Waals surface area contributed by atoms with Gasteiger partial charge in [0.1, 0.15) is 0 Å². The van der Waals surface area contributed by atoms with Crippen LogP contribution in [0.4, 0.5) is 0 Å². The Morgan fingerprint density at radius 1 is 0.812 bits per heavy atom. The highest BCUT2D eigenvalue weighted by Crippen LogP contribution is 2.77. The van der Waals surface area contributed by atoms with Gasteiger partial charge in [-0.25, -0.2) is 0 Å². The van der Waals surface area contributed by atoms with E-state index in [1.165, 1.54) is 63.4 Å². The van der Waals surface area contributed by atoms with Crippen molar-refractivity contribution in [3.63, 3.8) is 0 Å². The number of rotatable bonds is 2. The van der Waals surface area contributed by atoms with Gasteiger partial charge in [-0.1, -0.05) is 46.8 Å². The highest BCUT2D eigenvalue weighted by Gasteiger charge is 2.70. The normalized spacial score (nSPS) is 56.5. The molecule has 0 spiro atoms. The van der Waals surface area contributed by atoms with Gasteiger partial charge in [0.15, 0.2) is 0 Å². The molecule has 2 nitrogen and oxygen atoms in total. The third-order valence-corrected chi connectivity index (χ3v) is 13.5. The quantitative estimate of drug-likeness (QED) is 0.452. The van der Waals surface area contributed by atoms with Crippen molar-refractivity contribution in [2.75, 3.05) is 6.61 Å². The molecule has 0 heterocycles. The average Bonchev–Trinajstić information content (AvgIpc) is 3.12. The highest BCUT2D eigenvalue weighted by atomic mass is 16.3. The fourth-order valence-corrected chi connectivity index (χ4v) is 11.5. The van der Waals surface area contributed by atoms with Crippen molar-refractivity contribution < 1.29 is 10.2 Å². The molecular weight excluding hydrogens is 392 g/mol. The summed E-state index contributed by atoms with van der Waals surface area (Å²) in [6.45, 7) is 19.7. The maximum atomic E-state index is 10.9. The van der Waals surface area contributed by atoms with Crippen LogP contribution in [0.25, 0.3) is 0 Å². The maximum Gasteiger partial charge on any atom is 0.0594 e. The molecule has 0 aliphatic heterocycles. The van der Waals surface area contributed by atoms with Gasteiger partial charge in [0.2, 0.25) is 0 Å². The molecule has 0 bridgehead atoms. The predicted molar refractivity (Wildman–Crippen MR) is 132 cm³/mol. The molecule has 0 aromatic carbocycles. The van der Waals surface area contributed by atoms with E-state index in [0.29, 0.717) is 40.6 Å². The molecular formula is C30H50O2. The first-order chi connectivity index (χ1) is 14.9. The van der Waals surface area contributed by atoms with Crippen molar-refractivity contribution in [2.45, 2.75) is 112 Å². The molecule has 182 valence electrons. The van der Waals surface area contributed by atoms with Crippen molar-refractivity contribution in [2.24, 2.45) is 56.7 Å². The minimum atomic E-state index is -0.147. The first-order valence-electron chi connectivity index (χ1n) is 13.8. The van der Waals surface area contributed by atoms with E-state index in [2.05, 4.69) is 48.1 Å². The third-order valence-electron chi connectivity index (χ3n) is 13.5. The summed E-state index contributed by atoms with van der Waals surface area (Å²) in [6.07, 6.45) is 12.2. The number of allylic oxidation sites excluding steroid dienone is 1. The minimum absolute atomic E-state index is 0.0290. The van der Waals surface area contributed by atoms with E-state index in [1.54, 1.807) is 0 Å². The molecule has 5 fully saturated rings. The summed E-state index contributed by atoms with van der Waals surface area (Å²) in [5, 5.41) is 21.5. The van der Waals surface area contributed by atoms with Gasteiger partial charge in [-0.05, 0) is 128 Å². The van der Waals surface area contributed by atoms with Gasteiger partial charge in [-0.15, -0.1) is 0 Å². The highest BCUT2D eigenvalue weighted by molar-refractivity contribution is 5.21. The van der Waals surface area contributed by atoms with Crippen LogP contribution < -0.4 is 0 Å². The Hall–Kier alpha value is -0.340. The van der Waals surface area contributed by atoms with Gasteiger partial charge < -0.3 is 10.2 Å². The van der Waals surface area contributed by atoms with Crippen molar-refractivity contribution in [3.8, 4) is 0 Å². The Labute approximate surface area is 197 Å². The Morgan fingerprint density at radius 2 is 1.53 bits per heavy atom. The topological polar surface area (TPSA) is 40.5 Å². The summed E-state index contributed by atoms with van der Waals surface area (Å²) >= 11 is 0. The fourth-order valence-electron chi connectivity index (χ4n) is 11.5. The van der Waals surface area contributed by atoms with Crippen molar-refractivity contribution >= 4 is 0 Å². The lowest BCUT2D eigenvalue weighted by molar-refractivity contribution is -0.249. The zero-order chi connectivity index (χ0) is 23.3. The fraction of sp³-hybridized carbons (Fsp3) is 0.933. The smallest absolute Gasteiger partial charge is 0.0594 e. The standard InChI is InChI=1S/C30H50O2/c1-19(2)20-10-15-30(18-31)17-16-28(6)21(25(20)30)8-9-23-27(5)13-12-24(32)26(3,4)22(27)11-14-29(23,28)7/h20-25,31-32H,1,8-18H2,2-7H3/t20-,21+,22+,23+,24-,25+,27-,28+,29+,30-/m1/s1. The Morgan fingerprint density at radius 3 is 2.19 bits per heavy atom. The SMILES string of the molecule is C=C(C)[C@H]1CC[C@]2(CO)CC[C@@]3(C)[C@@H](CC[C@H]4[C@]5(C)CC[C@@H](O)C(C)(C)[C@@H]5CC[C@@]43C)[C@H]12. The molecule has 0 radical (unpaired) electrons. The lowest BCUT2D eigenvalue weighted by atomic mass is 9.32. The van der Waals surface area contributed by atoms with Crippen LogP contribution in [0.1, 0.15) is 106 Å². The molecule has 0 saturated heterocycles. The van der Waals surface area contributed by atoms with E-state index in [9.17, 15) is 10.2 Å². The second-order valence-electron chi connectivity index (χ2n) is 14.6. The second-order valence-corrected chi connectivity index (χ2v) is 14.6. The Kier molecular flexibility index (Phi) is 5.19. The van der Waals surface area contributed by atoms with E-state index < -0.39 is 0 Å². The van der Waals surface area contributed by atoms with Crippen LogP contribution >= 0.6 is 0 Å². The van der Waals surface area contributed by atoms with Crippen LogP contribution in [0.3, 0.4) is 0 Å². The molecule has 0 aromatic rings. The Balaban J connectivity index is 1.55. The molecule has 5 aliphatic carbocycles. The van der Waals surface area contributed by atoms with E-state index in [0.717, 1.165) is 18.3 Å². The summed E-state index contributed by atoms with van der Waals surface area (Å²) < 4.78 is 0. The molecule has 2 N–H and O–H groups in total. The first-order valence-corrected chi connectivity index (χ1v) is 13.8. The van der Waals surface area contributed by atoms with Crippen LogP contribution in [0.5, 0.6) is 0 Å². The number of hydrogen-bond donors (Lipinski definition) is 2. The van der Waals surface area contributed by atoms with Crippen LogP contribution in [0.2, 0.25) is 0 Å². The molecule has 32 heavy (non-hydrogen) atoms. The zero-order valence-corrected chi connectivity index (χ0v) is 21.8. The third kappa shape index (κ3) is 2.66. The average molecular weight is 443 g/mol. The summed E-state index contributed by atoms with van der Waals surface area (Å²) in [4.78, 5) is 0. The number of aliphatic hydroxyl groups is 2. The van der Waals surface area contributed by atoms with Gasteiger partial charge in [0.05, 0.1) is 6.10 Å². The number of aliphatic hydroxyl groups excluding tert-OH is 2. The van der Waals surface area contributed by atoms with Gasteiger partial charge in [-0.2, -0.15) is 0 Å². The van der Waals surface area contributed by atoms with Crippen LogP contribution in [-0.2, 0) is 0 Å². The molecule has 5 saturated carbocycles. The van der Waals surface area contributed by atoms with Crippen LogP contribution in [0, 0.1) is 56.7 Å². The first kappa shape index (κ1) is 23.4. The van der Waals surface area contributed by atoms with E-state index in [4.69, 9.17) is 0 Å². The molecule has 5 rings (SSSR count). The van der Waals surface area contributed by atoms with E-state index in [-0.39, 0.29) is 16.9 Å². The summed E-state index contributed by atoms with van der Waals surface area (Å²) in [5.41, 5.74) is 2.60. The second kappa shape index (κ2) is 7.09. The van der Waals surface area contributed by atoms with Gasteiger partial charge in [0, 0.05) is 6.61 Å². The largest absolute Gasteiger partial charge is 0.396 e. The van der Waals surface area contributed by atoms with Gasteiger partial charge in [0.25, 0.3) is 0 Å². The predicted octanol–water partition coefficient (Wildman–Crippen LogP) is 7.00. The molecule has 2 heteroatoms. The summed E-state index contributed by atoms with van der Waals surface area (Å²) in [5.74, 6) is 3.33. The lowest BCUT2D eigenvalue weighted by Gasteiger charge is -2.73. The minimum Gasteiger partial charge on any atom is -0.396 e. The summed E-state index contributed by atoms with van der Waals surface area (Å²) in [6, 6.07) is 0. The van der Waals surface area contributed by atoms with E-state index in [1.807, 2.05) is 0 Å². The van der Waals surface area contributed by atoms with Gasteiger partial charge >= 0.3 is 0 Å². The summed E-state index contributed by atoms with van der Waals surface area (Å²) in [7, 11) is 0. The number of hydrogen-bond acceptors (Lipinski definition) is 2. The number of fused-ring (bicyclic) bond motifs is 7. The molecule has 0 amide bonds. The monoisotopic (exact) mass is 442 g/mol.